The molecule has 1 amide bonds. The average molecular weight is 287 g/mol. The zero-order valence-electron chi connectivity index (χ0n) is 12.3. The zero-order valence-corrected chi connectivity index (χ0v) is 12.3. The van der Waals surface area contributed by atoms with Crippen molar-refractivity contribution in [1.29, 1.82) is 0 Å². The highest BCUT2D eigenvalue weighted by Gasteiger charge is 2.42. The van der Waals surface area contributed by atoms with Gasteiger partial charge in [0, 0.05) is 19.5 Å². The summed E-state index contributed by atoms with van der Waals surface area (Å²) in [6, 6.07) is 8.13. The SMILES string of the molecule is Cc1ccc(CNC(=O)C2=NO[C@]3(CCCNC3)C2)cc1. The Bertz CT molecular complexity index is 545. The van der Waals surface area contributed by atoms with E-state index in [0.29, 0.717) is 18.7 Å². The van der Waals surface area contributed by atoms with Crippen molar-refractivity contribution in [1.82, 2.24) is 10.6 Å². The van der Waals surface area contributed by atoms with Crippen LogP contribution < -0.4 is 10.6 Å². The molecule has 1 aromatic carbocycles. The molecule has 0 aliphatic carbocycles. The summed E-state index contributed by atoms with van der Waals surface area (Å²) >= 11 is 0. The number of oxime groups is 1. The number of nitrogens with zero attached hydrogens (tertiary/aromatic N) is 1. The molecular formula is C16H21N3O2. The van der Waals surface area contributed by atoms with Gasteiger partial charge in [0.25, 0.3) is 5.91 Å². The molecule has 2 N–H and O–H groups in total. The Morgan fingerprint density at radius 1 is 1.43 bits per heavy atom. The molecule has 1 aromatic rings. The molecule has 0 unspecified atom stereocenters. The van der Waals surface area contributed by atoms with Crippen LogP contribution in [0, 0.1) is 6.92 Å². The van der Waals surface area contributed by atoms with Gasteiger partial charge in [0.1, 0.15) is 5.71 Å². The lowest BCUT2D eigenvalue weighted by molar-refractivity contribution is -0.115. The van der Waals surface area contributed by atoms with Gasteiger partial charge in [-0.2, -0.15) is 0 Å². The number of carbonyl (C=O) groups is 1. The normalized spacial score (nSPS) is 24.5. The summed E-state index contributed by atoms with van der Waals surface area (Å²) in [7, 11) is 0. The Balaban J connectivity index is 1.53. The first-order chi connectivity index (χ1) is 10.2. The van der Waals surface area contributed by atoms with Gasteiger partial charge in [0.2, 0.25) is 0 Å². The van der Waals surface area contributed by atoms with Gasteiger partial charge in [0.15, 0.2) is 5.60 Å². The van der Waals surface area contributed by atoms with E-state index >= 15 is 0 Å². The molecule has 1 saturated heterocycles. The highest BCUT2D eigenvalue weighted by Crippen LogP contribution is 2.30. The standard InChI is InChI=1S/C16H21N3O2/c1-12-3-5-13(6-4-12)10-18-15(20)14-9-16(21-19-14)7-2-8-17-11-16/h3-6,17H,2,7-11H2,1H3,(H,18,20)/t16-/m1/s1. The Kier molecular flexibility index (Phi) is 3.92. The van der Waals surface area contributed by atoms with Gasteiger partial charge >= 0.3 is 0 Å². The number of aryl methyl sites for hydroxylation is 1. The summed E-state index contributed by atoms with van der Waals surface area (Å²) in [6.45, 7) is 4.35. The molecule has 21 heavy (non-hydrogen) atoms. The van der Waals surface area contributed by atoms with E-state index in [1.54, 1.807) is 0 Å². The van der Waals surface area contributed by atoms with Gasteiger partial charge in [0.05, 0.1) is 0 Å². The molecule has 0 saturated carbocycles. The van der Waals surface area contributed by atoms with Crippen LogP contribution in [0.4, 0.5) is 0 Å². The number of nitrogens with one attached hydrogen (secondary N) is 2. The number of benzene rings is 1. The van der Waals surface area contributed by atoms with E-state index in [-0.39, 0.29) is 11.5 Å². The predicted molar refractivity (Wildman–Crippen MR) is 81.0 cm³/mol. The molecule has 2 aliphatic heterocycles. The minimum Gasteiger partial charge on any atom is -0.387 e. The number of hydrogen-bond acceptors (Lipinski definition) is 4. The fourth-order valence-corrected chi connectivity index (χ4v) is 2.80. The van der Waals surface area contributed by atoms with E-state index in [1.807, 2.05) is 31.2 Å². The van der Waals surface area contributed by atoms with Gasteiger partial charge in [-0.15, -0.1) is 0 Å². The van der Waals surface area contributed by atoms with Crippen LogP contribution in [0.15, 0.2) is 29.4 Å². The molecule has 0 aromatic heterocycles. The van der Waals surface area contributed by atoms with Crippen molar-refractivity contribution in [3.05, 3.63) is 35.4 Å². The van der Waals surface area contributed by atoms with E-state index in [4.69, 9.17) is 4.84 Å². The second-order valence-electron chi connectivity index (χ2n) is 5.94. The summed E-state index contributed by atoms with van der Waals surface area (Å²) in [5, 5.41) is 10.2. The third-order valence-electron chi connectivity index (χ3n) is 4.11. The van der Waals surface area contributed by atoms with Crippen LogP contribution in [0.3, 0.4) is 0 Å². The molecular weight excluding hydrogens is 266 g/mol. The third kappa shape index (κ3) is 3.24. The number of amides is 1. The van der Waals surface area contributed by atoms with Crippen LogP contribution in [0.2, 0.25) is 0 Å². The van der Waals surface area contributed by atoms with Crippen LogP contribution in [0.25, 0.3) is 0 Å². The molecule has 2 aliphatic rings. The lowest BCUT2D eigenvalue weighted by Crippen LogP contribution is -2.46. The van der Waals surface area contributed by atoms with Gasteiger partial charge in [-0.25, -0.2) is 0 Å². The Morgan fingerprint density at radius 2 is 2.24 bits per heavy atom. The number of hydrogen-bond donors (Lipinski definition) is 2. The van der Waals surface area contributed by atoms with Gasteiger partial charge in [-0.1, -0.05) is 35.0 Å². The van der Waals surface area contributed by atoms with Crippen LogP contribution in [-0.4, -0.2) is 30.3 Å². The fourth-order valence-electron chi connectivity index (χ4n) is 2.80. The number of carbonyl (C=O) groups excluding carboxylic acids is 1. The van der Waals surface area contributed by atoms with Crippen LogP contribution in [-0.2, 0) is 16.2 Å². The van der Waals surface area contributed by atoms with Crippen molar-refractivity contribution in [2.45, 2.75) is 38.3 Å². The van der Waals surface area contributed by atoms with Crippen molar-refractivity contribution in [2.75, 3.05) is 13.1 Å². The maximum atomic E-state index is 12.2. The Hall–Kier alpha value is -1.88. The first-order valence-electron chi connectivity index (χ1n) is 7.46. The summed E-state index contributed by atoms with van der Waals surface area (Å²) in [5.41, 5.74) is 2.51. The maximum absolute atomic E-state index is 12.2. The van der Waals surface area contributed by atoms with Crippen molar-refractivity contribution in [3.8, 4) is 0 Å². The highest BCUT2D eigenvalue weighted by molar-refractivity contribution is 6.39. The van der Waals surface area contributed by atoms with E-state index in [0.717, 1.165) is 31.5 Å². The third-order valence-corrected chi connectivity index (χ3v) is 4.11. The number of piperidine rings is 1. The molecule has 2 heterocycles. The van der Waals surface area contributed by atoms with E-state index in [1.165, 1.54) is 5.56 Å². The molecule has 1 atom stereocenters. The molecule has 5 nitrogen and oxygen atoms in total. The summed E-state index contributed by atoms with van der Waals surface area (Å²) in [4.78, 5) is 17.7. The van der Waals surface area contributed by atoms with Gasteiger partial charge in [-0.05, 0) is 31.9 Å². The van der Waals surface area contributed by atoms with Gasteiger partial charge in [-0.3, -0.25) is 4.79 Å². The molecule has 1 spiro atoms. The molecule has 3 rings (SSSR count). The molecule has 112 valence electrons. The minimum atomic E-state index is -0.297. The van der Waals surface area contributed by atoms with Crippen LogP contribution in [0.1, 0.15) is 30.4 Å². The van der Waals surface area contributed by atoms with E-state index < -0.39 is 0 Å². The zero-order chi connectivity index (χ0) is 14.7. The van der Waals surface area contributed by atoms with Crippen LogP contribution in [0.5, 0.6) is 0 Å². The highest BCUT2D eigenvalue weighted by atomic mass is 16.7. The molecule has 0 bridgehead atoms. The lowest BCUT2D eigenvalue weighted by Gasteiger charge is -2.30. The van der Waals surface area contributed by atoms with E-state index in [9.17, 15) is 4.79 Å². The summed E-state index contributed by atoms with van der Waals surface area (Å²) < 4.78 is 0. The summed E-state index contributed by atoms with van der Waals surface area (Å²) in [6.07, 6.45) is 2.62. The Morgan fingerprint density at radius 3 is 2.95 bits per heavy atom. The fraction of sp³-hybridized carbons (Fsp3) is 0.500. The van der Waals surface area contributed by atoms with E-state index in [2.05, 4.69) is 15.8 Å². The lowest BCUT2D eigenvalue weighted by atomic mass is 9.89. The second-order valence-corrected chi connectivity index (χ2v) is 5.94. The molecule has 5 heteroatoms. The molecule has 1 fully saturated rings. The van der Waals surface area contributed by atoms with Gasteiger partial charge < -0.3 is 15.5 Å². The van der Waals surface area contributed by atoms with Crippen LogP contribution >= 0.6 is 0 Å². The van der Waals surface area contributed by atoms with Crippen molar-refractivity contribution < 1.29 is 9.63 Å². The Labute approximate surface area is 124 Å². The maximum Gasteiger partial charge on any atom is 0.269 e. The predicted octanol–water partition coefficient (Wildman–Crippen LogP) is 1.51. The largest absolute Gasteiger partial charge is 0.387 e. The first kappa shape index (κ1) is 14.1. The quantitative estimate of drug-likeness (QED) is 0.886. The number of rotatable bonds is 3. The smallest absolute Gasteiger partial charge is 0.269 e. The van der Waals surface area contributed by atoms with Crippen molar-refractivity contribution >= 4 is 11.6 Å². The topological polar surface area (TPSA) is 62.7 Å². The summed E-state index contributed by atoms with van der Waals surface area (Å²) in [5.74, 6) is -0.127. The van der Waals surface area contributed by atoms with Crippen molar-refractivity contribution in [2.24, 2.45) is 5.16 Å². The average Bonchev–Trinajstić information content (AvgIpc) is 2.91. The molecule has 0 radical (unpaired) electrons. The van der Waals surface area contributed by atoms with Crippen molar-refractivity contribution in [3.63, 3.8) is 0 Å². The first-order valence-corrected chi connectivity index (χ1v) is 7.46. The monoisotopic (exact) mass is 287 g/mol. The minimum absolute atomic E-state index is 0.127. The second kappa shape index (κ2) is 5.85.